The molecule has 0 saturated carbocycles. The molecule has 0 saturated heterocycles. The van der Waals surface area contributed by atoms with E-state index < -0.39 is 0 Å². The number of nitrogens with zero attached hydrogens (tertiary/aromatic N) is 2. The van der Waals surface area contributed by atoms with Crippen LogP contribution in [0.2, 0.25) is 0 Å². The summed E-state index contributed by atoms with van der Waals surface area (Å²) < 4.78 is 10.5. The predicted molar refractivity (Wildman–Crippen MR) is 65.3 cm³/mol. The molecule has 18 heavy (non-hydrogen) atoms. The second-order valence-corrected chi connectivity index (χ2v) is 3.66. The monoisotopic (exact) mass is 246 g/mol. The zero-order chi connectivity index (χ0) is 12.8. The van der Waals surface area contributed by atoms with E-state index in [-0.39, 0.29) is 6.61 Å². The van der Waals surface area contributed by atoms with Crippen LogP contribution in [0.25, 0.3) is 0 Å². The molecular weight excluding hydrogens is 232 g/mol. The lowest BCUT2D eigenvalue weighted by Gasteiger charge is -2.06. The van der Waals surface area contributed by atoms with E-state index in [0.717, 1.165) is 17.0 Å². The van der Waals surface area contributed by atoms with Gasteiger partial charge in [0.25, 0.3) is 0 Å². The smallest absolute Gasteiger partial charge is 0.233 e. The molecule has 0 radical (unpaired) electrons. The van der Waals surface area contributed by atoms with Gasteiger partial charge in [-0.05, 0) is 23.8 Å². The largest absolute Gasteiger partial charge is 0.487 e. The summed E-state index contributed by atoms with van der Waals surface area (Å²) in [5.41, 5.74) is 1.58. The van der Waals surface area contributed by atoms with Crippen molar-refractivity contribution in [1.82, 2.24) is 10.2 Å². The number of hydrogen-bond acceptors (Lipinski definition) is 5. The first-order valence-electron chi connectivity index (χ1n) is 5.51. The van der Waals surface area contributed by atoms with Crippen LogP contribution in [-0.2, 0) is 13.2 Å². The normalized spacial score (nSPS) is 10.1. The second-order valence-electron chi connectivity index (χ2n) is 3.66. The van der Waals surface area contributed by atoms with E-state index in [2.05, 4.69) is 10.2 Å². The molecule has 0 aliphatic heterocycles. The molecule has 0 bridgehead atoms. The first kappa shape index (κ1) is 12.3. The molecule has 1 heterocycles. The van der Waals surface area contributed by atoms with Crippen molar-refractivity contribution in [2.45, 2.75) is 13.2 Å². The summed E-state index contributed by atoms with van der Waals surface area (Å²) in [5, 5.41) is 16.7. The molecule has 0 fully saturated rings. The van der Waals surface area contributed by atoms with Crippen molar-refractivity contribution in [1.29, 1.82) is 0 Å². The highest BCUT2D eigenvalue weighted by Gasteiger charge is 1.99. The number of hydrogen-bond donors (Lipinski definition) is 1. The Balaban J connectivity index is 1.93. The molecule has 94 valence electrons. The van der Waals surface area contributed by atoms with Gasteiger partial charge < -0.3 is 14.6 Å². The number of aromatic nitrogens is 2. The highest BCUT2D eigenvalue weighted by Crippen LogP contribution is 2.14. The van der Waals surface area contributed by atoms with Crippen LogP contribution in [0.3, 0.4) is 0 Å². The summed E-state index contributed by atoms with van der Waals surface area (Å²) in [6.45, 7) is 0.375. The van der Waals surface area contributed by atoms with Crippen molar-refractivity contribution in [2.24, 2.45) is 0 Å². The fraction of sp³-hybridized carbons (Fsp3) is 0.231. The molecule has 0 spiro atoms. The number of rotatable bonds is 5. The third kappa shape index (κ3) is 3.18. The Bertz CT molecular complexity index is 435. The SMILES string of the molecule is COc1ccc(COc2ccc(CO)cc2)nn1. The Hall–Kier alpha value is -2.14. The van der Waals surface area contributed by atoms with Gasteiger partial charge in [-0.2, -0.15) is 0 Å². The molecule has 0 amide bonds. The number of aliphatic hydroxyl groups is 1. The van der Waals surface area contributed by atoms with Crippen LogP contribution in [0, 0.1) is 0 Å². The van der Waals surface area contributed by atoms with Crippen molar-refractivity contribution in [3.05, 3.63) is 47.7 Å². The van der Waals surface area contributed by atoms with Crippen molar-refractivity contribution < 1.29 is 14.6 Å². The highest BCUT2D eigenvalue weighted by molar-refractivity contribution is 5.27. The van der Waals surface area contributed by atoms with Crippen LogP contribution < -0.4 is 9.47 Å². The van der Waals surface area contributed by atoms with Crippen LogP contribution in [0.4, 0.5) is 0 Å². The van der Waals surface area contributed by atoms with E-state index in [1.54, 1.807) is 19.2 Å². The molecular formula is C13H14N2O3. The van der Waals surface area contributed by atoms with Crippen molar-refractivity contribution in [3.8, 4) is 11.6 Å². The Morgan fingerprint density at radius 1 is 1.06 bits per heavy atom. The second kappa shape index (κ2) is 5.97. The molecule has 0 aliphatic rings. The summed E-state index contributed by atoms with van der Waals surface area (Å²) in [4.78, 5) is 0. The molecule has 1 aromatic heterocycles. The standard InChI is InChI=1S/C13H14N2O3/c1-17-13-7-4-11(14-15-13)9-18-12-5-2-10(8-16)3-6-12/h2-7,16H,8-9H2,1H3. The van der Waals surface area contributed by atoms with Gasteiger partial charge in [-0.15, -0.1) is 10.2 Å². The zero-order valence-corrected chi connectivity index (χ0v) is 10.0. The molecule has 1 aromatic carbocycles. The molecule has 1 N–H and O–H groups in total. The van der Waals surface area contributed by atoms with Gasteiger partial charge >= 0.3 is 0 Å². The number of ether oxygens (including phenoxy) is 2. The molecule has 2 aromatic rings. The summed E-state index contributed by atoms with van der Waals surface area (Å²) in [7, 11) is 1.54. The van der Waals surface area contributed by atoms with Gasteiger partial charge in [0, 0.05) is 6.07 Å². The van der Waals surface area contributed by atoms with Gasteiger partial charge in [0.05, 0.1) is 13.7 Å². The van der Waals surface area contributed by atoms with E-state index in [1.807, 2.05) is 24.3 Å². The maximum absolute atomic E-state index is 8.91. The van der Waals surface area contributed by atoms with E-state index in [9.17, 15) is 0 Å². The maximum atomic E-state index is 8.91. The lowest BCUT2D eigenvalue weighted by molar-refractivity contribution is 0.280. The van der Waals surface area contributed by atoms with Gasteiger partial charge in [0.1, 0.15) is 18.1 Å². The Morgan fingerprint density at radius 3 is 2.39 bits per heavy atom. The third-order valence-corrected chi connectivity index (χ3v) is 2.40. The third-order valence-electron chi connectivity index (χ3n) is 2.40. The quantitative estimate of drug-likeness (QED) is 0.867. The lowest BCUT2D eigenvalue weighted by atomic mass is 10.2. The van der Waals surface area contributed by atoms with E-state index in [0.29, 0.717) is 12.5 Å². The first-order chi connectivity index (χ1) is 8.81. The molecule has 5 heteroatoms. The number of methoxy groups -OCH3 is 1. The highest BCUT2D eigenvalue weighted by atomic mass is 16.5. The van der Waals surface area contributed by atoms with Gasteiger partial charge in [-0.25, -0.2) is 0 Å². The average Bonchev–Trinajstić information content (AvgIpc) is 2.46. The van der Waals surface area contributed by atoms with Crippen LogP contribution in [0.1, 0.15) is 11.3 Å². The van der Waals surface area contributed by atoms with Crippen LogP contribution in [0.5, 0.6) is 11.6 Å². The molecule has 5 nitrogen and oxygen atoms in total. The summed E-state index contributed by atoms with van der Waals surface area (Å²) in [5.74, 6) is 1.20. The van der Waals surface area contributed by atoms with E-state index in [1.165, 1.54) is 0 Å². The Morgan fingerprint density at radius 2 is 1.83 bits per heavy atom. The van der Waals surface area contributed by atoms with Gasteiger partial charge in [-0.1, -0.05) is 12.1 Å². The van der Waals surface area contributed by atoms with E-state index in [4.69, 9.17) is 14.6 Å². The van der Waals surface area contributed by atoms with Crippen LogP contribution in [0.15, 0.2) is 36.4 Å². The van der Waals surface area contributed by atoms with Crippen LogP contribution >= 0.6 is 0 Å². The minimum atomic E-state index is 0.0320. The Kier molecular flexibility index (Phi) is 4.09. The van der Waals surface area contributed by atoms with Crippen molar-refractivity contribution in [2.75, 3.05) is 7.11 Å². The Labute approximate surface area is 105 Å². The predicted octanol–water partition coefficient (Wildman–Crippen LogP) is 1.56. The minimum absolute atomic E-state index is 0.0320. The first-order valence-corrected chi connectivity index (χ1v) is 5.51. The lowest BCUT2D eigenvalue weighted by Crippen LogP contribution is -2.00. The maximum Gasteiger partial charge on any atom is 0.233 e. The topological polar surface area (TPSA) is 64.5 Å². The average molecular weight is 246 g/mol. The minimum Gasteiger partial charge on any atom is -0.487 e. The van der Waals surface area contributed by atoms with Crippen LogP contribution in [-0.4, -0.2) is 22.4 Å². The molecule has 0 atom stereocenters. The zero-order valence-electron chi connectivity index (χ0n) is 10.0. The van der Waals surface area contributed by atoms with Gasteiger partial charge in [-0.3, -0.25) is 0 Å². The van der Waals surface area contributed by atoms with Crippen molar-refractivity contribution >= 4 is 0 Å². The van der Waals surface area contributed by atoms with Gasteiger partial charge in [0.15, 0.2) is 0 Å². The van der Waals surface area contributed by atoms with Gasteiger partial charge in [0.2, 0.25) is 5.88 Å². The fourth-order valence-corrected chi connectivity index (χ4v) is 1.38. The summed E-state index contributed by atoms with van der Waals surface area (Å²) >= 11 is 0. The number of benzene rings is 1. The fourth-order valence-electron chi connectivity index (χ4n) is 1.38. The molecule has 0 aliphatic carbocycles. The summed E-state index contributed by atoms with van der Waals surface area (Å²) in [6, 6.07) is 10.8. The van der Waals surface area contributed by atoms with E-state index >= 15 is 0 Å². The number of aliphatic hydroxyl groups excluding tert-OH is 1. The summed E-state index contributed by atoms with van der Waals surface area (Å²) in [6.07, 6.45) is 0. The van der Waals surface area contributed by atoms with Crippen molar-refractivity contribution in [3.63, 3.8) is 0 Å². The molecule has 2 rings (SSSR count). The molecule has 0 unspecified atom stereocenters.